The van der Waals surface area contributed by atoms with E-state index in [1.165, 1.54) is 23.1 Å². The molecule has 0 spiro atoms. The number of hydrogen-bond donors (Lipinski definition) is 3. The van der Waals surface area contributed by atoms with Crippen molar-refractivity contribution in [2.45, 2.75) is 51.2 Å². The molecule has 0 radical (unpaired) electrons. The predicted molar refractivity (Wildman–Crippen MR) is 203 cm³/mol. The lowest BCUT2D eigenvalue weighted by Gasteiger charge is -2.18. The van der Waals surface area contributed by atoms with Gasteiger partial charge in [0.05, 0.1) is 25.9 Å². The lowest BCUT2D eigenvalue weighted by atomic mass is 9.99. The van der Waals surface area contributed by atoms with Crippen LogP contribution in [0, 0.1) is 5.82 Å². The molecular formula is C42H45ClFN3O4. The number of aromatic amines is 1. The highest BCUT2D eigenvalue weighted by Gasteiger charge is 2.15. The lowest BCUT2D eigenvalue weighted by Crippen LogP contribution is -2.24. The first-order chi connectivity index (χ1) is 25.1. The van der Waals surface area contributed by atoms with E-state index in [1.54, 1.807) is 0 Å². The molecule has 0 bridgehead atoms. The number of amides is 1. The van der Waals surface area contributed by atoms with Crippen molar-refractivity contribution in [3.63, 3.8) is 0 Å². The Bertz CT molecular complexity index is 1970. The standard InChI is InChI=1S/C42H45ClFN3O4/c43-34-15-13-32(14-16-34)42-39(38-5-1-2-7-40(38)47-42)6-3-4-36(20-21-46-29-48)50-25-24-49-23-22-45-28-31-8-12-33-27-37(51-41(33)26-31)19-11-30-9-17-35(44)18-10-30/h1-2,5,7-10,12-18,26-27,29,36,45,47H,3-4,6,11,19-25,28H2,(H,46,48). The van der Waals surface area contributed by atoms with E-state index in [4.69, 9.17) is 25.5 Å². The highest BCUT2D eigenvalue weighted by Crippen LogP contribution is 2.32. The maximum Gasteiger partial charge on any atom is 0.207 e. The van der Waals surface area contributed by atoms with Gasteiger partial charge in [-0.05, 0) is 96.8 Å². The molecule has 1 atom stereocenters. The number of nitrogens with one attached hydrogen (secondary N) is 3. The fourth-order valence-electron chi connectivity index (χ4n) is 6.48. The number of H-pyrrole nitrogens is 1. The molecule has 51 heavy (non-hydrogen) atoms. The zero-order valence-electron chi connectivity index (χ0n) is 28.8. The van der Waals surface area contributed by atoms with Crippen LogP contribution in [-0.2, 0) is 40.1 Å². The van der Waals surface area contributed by atoms with Gasteiger partial charge in [0.25, 0.3) is 0 Å². The molecule has 7 nitrogen and oxygen atoms in total. The van der Waals surface area contributed by atoms with E-state index in [0.717, 1.165) is 94.6 Å². The maximum absolute atomic E-state index is 13.2. The second-order valence-corrected chi connectivity index (χ2v) is 13.2. The number of hydrogen-bond acceptors (Lipinski definition) is 5. The van der Waals surface area contributed by atoms with Crippen molar-refractivity contribution in [3.05, 3.63) is 130 Å². The molecule has 6 rings (SSSR count). The van der Waals surface area contributed by atoms with Crippen molar-refractivity contribution >= 4 is 39.9 Å². The number of furan rings is 1. The van der Waals surface area contributed by atoms with Crippen molar-refractivity contribution in [2.24, 2.45) is 0 Å². The van der Waals surface area contributed by atoms with Gasteiger partial charge in [0.15, 0.2) is 0 Å². The molecule has 0 aliphatic carbocycles. The first kappa shape index (κ1) is 36.3. The van der Waals surface area contributed by atoms with Crippen LogP contribution in [0.1, 0.15) is 41.7 Å². The quantitative estimate of drug-likeness (QED) is 0.0514. The van der Waals surface area contributed by atoms with Gasteiger partial charge in [0, 0.05) is 53.1 Å². The Morgan fingerprint density at radius 2 is 1.67 bits per heavy atom. The second kappa shape index (κ2) is 18.7. The fraction of sp³-hybridized carbons (Fsp3) is 0.310. The summed E-state index contributed by atoms with van der Waals surface area (Å²) < 4.78 is 31.4. The molecule has 9 heteroatoms. The van der Waals surface area contributed by atoms with E-state index in [-0.39, 0.29) is 11.9 Å². The van der Waals surface area contributed by atoms with Crippen molar-refractivity contribution in [1.82, 2.24) is 15.6 Å². The van der Waals surface area contributed by atoms with E-state index >= 15 is 0 Å². The molecule has 2 heterocycles. The van der Waals surface area contributed by atoms with E-state index in [0.29, 0.717) is 39.5 Å². The van der Waals surface area contributed by atoms with Crippen LogP contribution in [0.5, 0.6) is 0 Å². The number of rotatable bonds is 21. The highest BCUT2D eigenvalue weighted by molar-refractivity contribution is 6.30. The van der Waals surface area contributed by atoms with Gasteiger partial charge in [0.1, 0.15) is 17.2 Å². The summed E-state index contributed by atoms with van der Waals surface area (Å²) in [4.78, 5) is 14.5. The Kier molecular flexibility index (Phi) is 13.3. The Morgan fingerprint density at radius 1 is 0.843 bits per heavy atom. The number of benzene rings is 4. The molecule has 0 saturated carbocycles. The van der Waals surface area contributed by atoms with E-state index in [2.05, 4.69) is 70.2 Å². The molecule has 0 saturated heterocycles. The number of aryl methyl sites for hydroxylation is 3. The van der Waals surface area contributed by atoms with Crippen LogP contribution in [0.3, 0.4) is 0 Å². The number of carbonyl (C=O) groups is 1. The molecular weight excluding hydrogens is 665 g/mol. The third-order valence-corrected chi connectivity index (χ3v) is 9.39. The van der Waals surface area contributed by atoms with Gasteiger partial charge in [-0.15, -0.1) is 0 Å². The summed E-state index contributed by atoms with van der Waals surface area (Å²) in [5.41, 5.74) is 7.76. The first-order valence-corrected chi connectivity index (χ1v) is 18.1. The fourth-order valence-corrected chi connectivity index (χ4v) is 6.60. The summed E-state index contributed by atoms with van der Waals surface area (Å²) in [7, 11) is 0. The number of carbonyl (C=O) groups excluding carboxylic acids is 1. The molecule has 2 aromatic heterocycles. The number of halogens is 2. The molecule has 0 fully saturated rings. The molecule has 4 aromatic carbocycles. The van der Waals surface area contributed by atoms with Crippen molar-refractivity contribution in [3.8, 4) is 11.3 Å². The molecule has 6 aromatic rings. The minimum absolute atomic E-state index is 0.0170. The largest absolute Gasteiger partial charge is 0.461 e. The molecule has 266 valence electrons. The van der Waals surface area contributed by atoms with Gasteiger partial charge < -0.3 is 29.5 Å². The summed E-state index contributed by atoms with van der Waals surface area (Å²) in [5.74, 6) is 0.707. The normalized spacial score (nSPS) is 12.1. The van der Waals surface area contributed by atoms with Gasteiger partial charge in [0.2, 0.25) is 6.41 Å². The van der Waals surface area contributed by atoms with Crippen LogP contribution in [0.2, 0.25) is 5.02 Å². The summed E-state index contributed by atoms with van der Waals surface area (Å²) in [6.45, 7) is 3.57. The minimum atomic E-state index is -0.218. The van der Waals surface area contributed by atoms with E-state index in [1.807, 2.05) is 30.3 Å². The van der Waals surface area contributed by atoms with E-state index in [9.17, 15) is 9.18 Å². The topological polar surface area (TPSA) is 88.5 Å². The minimum Gasteiger partial charge on any atom is -0.461 e. The smallest absolute Gasteiger partial charge is 0.207 e. The summed E-state index contributed by atoms with van der Waals surface area (Å²) in [5, 5.41) is 9.25. The summed E-state index contributed by atoms with van der Waals surface area (Å²) in [6.07, 6.45) is 5.78. The van der Waals surface area contributed by atoms with Gasteiger partial charge in [-0.3, -0.25) is 4.79 Å². The highest BCUT2D eigenvalue weighted by atomic mass is 35.5. The average Bonchev–Trinajstić information content (AvgIpc) is 3.73. The van der Waals surface area contributed by atoms with Crippen molar-refractivity contribution in [1.29, 1.82) is 0 Å². The first-order valence-electron chi connectivity index (χ1n) is 17.7. The van der Waals surface area contributed by atoms with Crippen LogP contribution in [0.4, 0.5) is 4.39 Å². The van der Waals surface area contributed by atoms with Crippen LogP contribution < -0.4 is 10.6 Å². The SMILES string of the molecule is O=CNCCC(CCCc1c(-c2ccc(Cl)cc2)[nH]c2ccccc12)OCCOCCNCc1ccc2cc(CCc3ccc(F)cc3)oc2c1. The number of ether oxygens (including phenoxy) is 2. The monoisotopic (exact) mass is 709 g/mol. The van der Waals surface area contributed by atoms with Crippen LogP contribution in [0.25, 0.3) is 33.1 Å². The molecule has 0 aliphatic rings. The van der Waals surface area contributed by atoms with Gasteiger partial charge in [-0.25, -0.2) is 4.39 Å². The van der Waals surface area contributed by atoms with E-state index < -0.39 is 0 Å². The maximum atomic E-state index is 13.2. The van der Waals surface area contributed by atoms with Gasteiger partial charge in [-0.1, -0.05) is 66.2 Å². The van der Waals surface area contributed by atoms with Crippen molar-refractivity contribution in [2.75, 3.05) is 32.9 Å². The van der Waals surface area contributed by atoms with Crippen LogP contribution in [0.15, 0.2) is 101 Å². The molecule has 0 aliphatic heterocycles. The zero-order chi connectivity index (χ0) is 35.3. The Hall–Kier alpha value is -4.47. The van der Waals surface area contributed by atoms with Crippen molar-refractivity contribution < 1.29 is 23.1 Å². The zero-order valence-corrected chi connectivity index (χ0v) is 29.5. The molecule has 3 N–H and O–H groups in total. The number of para-hydroxylation sites is 1. The Balaban J connectivity index is 0.908. The summed E-state index contributed by atoms with van der Waals surface area (Å²) in [6, 6.07) is 31.3. The Labute approximate surface area is 303 Å². The molecule has 1 unspecified atom stereocenters. The third-order valence-electron chi connectivity index (χ3n) is 9.14. The third kappa shape index (κ3) is 10.5. The summed E-state index contributed by atoms with van der Waals surface area (Å²) >= 11 is 6.16. The number of aromatic nitrogens is 1. The Morgan fingerprint density at radius 3 is 2.51 bits per heavy atom. The predicted octanol–water partition coefficient (Wildman–Crippen LogP) is 8.81. The van der Waals surface area contributed by atoms with Gasteiger partial charge >= 0.3 is 0 Å². The van der Waals surface area contributed by atoms with Crippen LogP contribution in [-0.4, -0.2) is 50.4 Å². The molecule has 1 amide bonds. The average molecular weight is 710 g/mol. The number of fused-ring (bicyclic) bond motifs is 2. The second-order valence-electron chi connectivity index (χ2n) is 12.8. The lowest BCUT2D eigenvalue weighted by molar-refractivity contribution is -0.109. The van der Waals surface area contributed by atoms with Gasteiger partial charge in [-0.2, -0.15) is 0 Å². The van der Waals surface area contributed by atoms with Crippen LogP contribution >= 0.6 is 11.6 Å².